The van der Waals surface area contributed by atoms with Gasteiger partial charge in [-0.05, 0) is 24.0 Å². The van der Waals surface area contributed by atoms with Gasteiger partial charge in [0.05, 0.1) is 19.1 Å². The van der Waals surface area contributed by atoms with Crippen molar-refractivity contribution in [3.05, 3.63) is 35.4 Å². The Morgan fingerprint density at radius 1 is 1.24 bits per heavy atom. The number of carboxylic acid groups (broad SMARTS) is 1. The molecule has 92 valence electrons. The first-order valence-electron chi connectivity index (χ1n) is 6.16. The van der Waals surface area contributed by atoms with Crippen LogP contribution in [0, 0.1) is 0 Å². The van der Waals surface area contributed by atoms with Gasteiger partial charge in [0.1, 0.15) is 0 Å². The predicted molar refractivity (Wildman–Crippen MR) is 64.8 cm³/mol. The Hall–Kier alpha value is -1.35. The molecule has 0 bridgehead atoms. The van der Waals surface area contributed by atoms with Crippen LogP contribution >= 0.6 is 0 Å². The topological polar surface area (TPSA) is 46.5 Å². The van der Waals surface area contributed by atoms with E-state index in [9.17, 15) is 4.79 Å². The average molecular weight is 234 g/mol. The number of hydrogen-bond acceptors (Lipinski definition) is 2. The quantitative estimate of drug-likeness (QED) is 0.852. The zero-order chi connectivity index (χ0) is 12.1. The summed E-state index contributed by atoms with van der Waals surface area (Å²) >= 11 is 0. The Kier molecular flexibility index (Phi) is 4.15. The van der Waals surface area contributed by atoms with Gasteiger partial charge >= 0.3 is 5.97 Å². The summed E-state index contributed by atoms with van der Waals surface area (Å²) in [7, 11) is 0. The van der Waals surface area contributed by atoms with Gasteiger partial charge in [-0.3, -0.25) is 4.79 Å². The van der Waals surface area contributed by atoms with Crippen LogP contribution in [0.3, 0.4) is 0 Å². The summed E-state index contributed by atoms with van der Waals surface area (Å²) in [6.45, 7) is 0.536. The third-order valence-electron chi connectivity index (χ3n) is 3.24. The Morgan fingerprint density at radius 3 is 2.53 bits per heavy atom. The molecule has 0 aliphatic heterocycles. The third-order valence-corrected chi connectivity index (χ3v) is 3.24. The molecule has 0 spiro atoms. The molecule has 1 aromatic carbocycles. The first kappa shape index (κ1) is 12.1. The van der Waals surface area contributed by atoms with Gasteiger partial charge in [-0.2, -0.15) is 0 Å². The van der Waals surface area contributed by atoms with Gasteiger partial charge in [0, 0.05) is 0 Å². The molecule has 1 N–H and O–H groups in total. The summed E-state index contributed by atoms with van der Waals surface area (Å²) in [4.78, 5) is 10.7. The van der Waals surface area contributed by atoms with Crippen molar-refractivity contribution < 1.29 is 14.6 Å². The molecule has 0 radical (unpaired) electrons. The highest BCUT2D eigenvalue weighted by molar-refractivity contribution is 5.70. The highest BCUT2D eigenvalue weighted by atomic mass is 16.5. The second-order valence-corrected chi connectivity index (χ2v) is 4.56. The van der Waals surface area contributed by atoms with Gasteiger partial charge in [-0.25, -0.2) is 0 Å². The van der Waals surface area contributed by atoms with E-state index in [1.54, 1.807) is 0 Å². The maximum Gasteiger partial charge on any atom is 0.307 e. The van der Waals surface area contributed by atoms with Crippen molar-refractivity contribution in [2.75, 3.05) is 0 Å². The van der Waals surface area contributed by atoms with Crippen molar-refractivity contribution in [1.82, 2.24) is 0 Å². The van der Waals surface area contributed by atoms with Crippen LogP contribution < -0.4 is 0 Å². The van der Waals surface area contributed by atoms with E-state index < -0.39 is 5.97 Å². The fourth-order valence-corrected chi connectivity index (χ4v) is 2.30. The summed E-state index contributed by atoms with van der Waals surface area (Å²) in [6.07, 6.45) is 5.22. The number of aliphatic carboxylic acids is 1. The van der Waals surface area contributed by atoms with Gasteiger partial charge in [-0.1, -0.05) is 37.1 Å². The summed E-state index contributed by atoms with van der Waals surface area (Å²) < 4.78 is 5.82. The lowest BCUT2D eigenvalue weighted by Crippen LogP contribution is -2.10. The smallest absolute Gasteiger partial charge is 0.307 e. The Bertz CT molecular complexity index is 381. The van der Waals surface area contributed by atoms with Gasteiger partial charge in [0.25, 0.3) is 0 Å². The molecule has 17 heavy (non-hydrogen) atoms. The lowest BCUT2D eigenvalue weighted by molar-refractivity contribution is -0.136. The number of ether oxygens (including phenoxy) is 1. The normalized spacial score (nSPS) is 16.2. The second kappa shape index (κ2) is 5.82. The number of benzene rings is 1. The largest absolute Gasteiger partial charge is 0.481 e. The second-order valence-electron chi connectivity index (χ2n) is 4.56. The Labute approximate surface area is 101 Å². The van der Waals surface area contributed by atoms with E-state index in [1.807, 2.05) is 24.3 Å². The molecule has 0 atom stereocenters. The van der Waals surface area contributed by atoms with E-state index >= 15 is 0 Å². The average Bonchev–Trinajstić information content (AvgIpc) is 2.80. The fraction of sp³-hybridized carbons (Fsp3) is 0.500. The van der Waals surface area contributed by atoms with Gasteiger partial charge in [0.15, 0.2) is 0 Å². The lowest BCUT2D eigenvalue weighted by Gasteiger charge is -2.13. The molecule has 2 rings (SSSR count). The molecule has 1 saturated carbocycles. The minimum Gasteiger partial charge on any atom is -0.481 e. The highest BCUT2D eigenvalue weighted by Crippen LogP contribution is 2.22. The van der Waals surface area contributed by atoms with Crippen LogP contribution in [0.2, 0.25) is 0 Å². The molecule has 1 fully saturated rings. The molecule has 0 saturated heterocycles. The summed E-state index contributed by atoms with van der Waals surface area (Å²) in [5.74, 6) is -0.793. The SMILES string of the molecule is O=C(O)Cc1ccccc1COC1CCCC1. The molecule has 1 aromatic rings. The van der Waals surface area contributed by atoms with Crippen LogP contribution in [0.5, 0.6) is 0 Å². The summed E-state index contributed by atoms with van der Waals surface area (Å²) in [5.41, 5.74) is 1.86. The molecule has 1 aliphatic rings. The van der Waals surface area contributed by atoms with Crippen molar-refractivity contribution in [2.45, 2.75) is 44.8 Å². The molecule has 3 nitrogen and oxygen atoms in total. The van der Waals surface area contributed by atoms with Gasteiger partial charge in [-0.15, -0.1) is 0 Å². The maximum absolute atomic E-state index is 10.7. The monoisotopic (exact) mass is 234 g/mol. The zero-order valence-corrected chi connectivity index (χ0v) is 9.89. The molecule has 0 heterocycles. The van der Waals surface area contributed by atoms with Crippen molar-refractivity contribution >= 4 is 5.97 Å². The maximum atomic E-state index is 10.7. The molecule has 0 aromatic heterocycles. The standard InChI is InChI=1S/C14H18O3/c15-14(16)9-11-5-1-2-6-12(11)10-17-13-7-3-4-8-13/h1-2,5-6,13H,3-4,7-10H2,(H,15,16). The van der Waals surface area contributed by atoms with E-state index in [2.05, 4.69) is 0 Å². The number of carboxylic acids is 1. The predicted octanol–water partition coefficient (Wildman–Crippen LogP) is 2.77. The van der Waals surface area contributed by atoms with Crippen molar-refractivity contribution in [1.29, 1.82) is 0 Å². The first-order valence-corrected chi connectivity index (χ1v) is 6.16. The van der Waals surface area contributed by atoms with E-state index in [4.69, 9.17) is 9.84 Å². The van der Waals surface area contributed by atoms with E-state index in [0.29, 0.717) is 12.7 Å². The molecular formula is C14H18O3. The molecule has 3 heteroatoms. The van der Waals surface area contributed by atoms with Crippen LogP contribution in [0.15, 0.2) is 24.3 Å². The Balaban J connectivity index is 1.96. The molecule has 0 unspecified atom stereocenters. The van der Waals surface area contributed by atoms with Crippen LogP contribution in [-0.2, 0) is 22.6 Å². The van der Waals surface area contributed by atoms with Crippen molar-refractivity contribution in [3.63, 3.8) is 0 Å². The molecule has 0 amide bonds. The lowest BCUT2D eigenvalue weighted by atomic mass is 10.1. The van der Waals surface area contributed by atoms with E-state index in [1.165, 1.54) is 12.8 Å². The van der Waals surface area contributed by atoms with Gasteiger partial charge in [0.2, 0.25) is 0 Å². The van der Waals surface area contributed by atoms with Crippen LogP contribution in [0.4, 0.5) is 0 Å². The summed E-state index contributed by atoms with van der Waals surface area (Å²) in [5, 5.41) is 8.83. The number of rotatable bonds is 5. The highest BCUT2D eigenvalue weighted by Gasteiger charge is 2.16. The fourth-order valence-electron chi connectivity index (χ4n) is 2.30. The first-order chi connectivity index (χ1) is 8.25. The summed E-state index contributed by atoms with van der Waals surface area (Å²) in [6, 6.07) is 7.62. The minimum absolute atomic E-state index is 0.0736. The van der Waals surface area contributed by atoms with Gasteiger partial charge < -0.3 is 9.84 Å². The number of hydrogen-bond donors (Lipinski definition) is 1. The molecular weight excluding hydrogens is 216 g/mol. The minimum atomic E-state index is -0.793. The third kappa shape index (κ3) is 3.56. The molecule has 1 aliphatic carbocycles. The van der Waals surface area contributed by atoms with Crippen molar-refractivity contribution in [3.8, 4) is 0 Å². The van der Waals surface area contributed by atoms with Crippen LogP contribution in [0.1, 0.15) is 36.8 Å². The van der Waals surface area contributed by atoms with E-state index in [-0.39, 0.29) is 6.42 Å². The zero-order valence-electron chi connectivity index (χ0n) is 9.89. The van der Waals surface area contributed by atoms with E-state index in [0.717, 1.165) is 24.0 Å². The van der Waals surface area contributed by atoms with Crippen LogP contribution in [0.25, 0.3) is 0 Å². The van der Waals surface area contributed by atoms with Crippen LogP contribution in [-0.4, -0.2) is 17.2 Å². The Morgan fingerprint density at radius 2 is 1.88 bits per heavy atom. The van der Waals surface area contributed by atoms with Crippen molar-refractivity contribution in [2.24, 2.45) is 0 Å². The number of carbonyl (C=O) groups is 1.